The molecular formula is C19H31NO. The van der Waals surface area contributed by atoms with Crippen molar-refractivity contribution in [1.82, 2.24) is 5.32 Å². The van der Waals surface area contributed by atoms with E-state index in [9.17, 15) is 0 Å². The molecule has 0 unspecified atom stereocenters. The lowest BCUT2D eigenvalue weighted by Gasteiger charge is -2.49. The Morgan fingerprint density at radius 1 is 1.24 bits per heavy atom. The quantitative estimate of drug-likeness (QED) is 0.731. The van der Waals surface area contributed by atoms with Gasteiger partial charge in [-0.1, -0.05) is 38.0 Å². The number of aryl methyl sites for hydroxylation is 2. The minimum absolute atomic E-state index is 0.353. The van der Waals surface area contributed by atoms with Gasteiger partial charge in [0.15, 0.2) is 0 Å². The van der Waals surface area contributed by atoms with E-state index < -0.39 is 0 Å². The summed E-state index contributed by atoms with van der Waals surface area (Å²) >= 11 is 0. The molecule has 0 amide bonds. The molecule has 118 valence electrons. The lowest BCUT2D eigenvalue weighted by atomic mass is 9.57. The molecule has 2 heteroatoms. The topological polar surface area (TPSA) is 21.3 Å². The van der Waals surface area contributed by atoms with Crippen molar-refractivity contribution in [2.45, 2.75) is 51.9 Å². The van der Waals surface area contributed by atoms with Gasteiger partial charge in [0.05, 0.1) is 6.61 Å². The zero-order valence-corrected chi connectivity index (χ0v) is 14.2. The van der Waals surface area contributed by atoms with Crippen molar-refractivity contribution in [3.8, 4) is 0 Å². The van der Waals surface area contributed by atoms with E-state index in [2.05, 4.69) is 44.3 Å². The number of nitrogens with one attached hydrogen (secondary N) is 1. The fraction of sp³-hybridized carbons (Fsp3) is 0.684. The van der Waals surface area contributed by atoms with Gasteiger partial charge < -0.3 is 10.1 Å². The van der Waals surface area contributed by atoms with Crippen LogP contribution in [0.2, 0.25) is 0 Å². The molecule has 1 N–H and O–H groups in total. The zero-order chi connectivity index (χ0) is 15.3. The highest BCUT2D eigenvalue weighted by molar-refractivity contribution is 5.37. The first-order chi connectivity index (χ1) is 10.1. The van der Waals surface area contributed by atoms with Gasteiger partial charge >= 0.3 is 0 Å². The van der Waals surface area contributed by atoms with Gasteiger partial charge in [0.2, 0.25) is 0 Å². The summed E-state index contributed by atoms with van der Waals surface area (Å²) in [6.45, 7) is 9.55. The SMILES string of the molecule is CCCC1CC(CNCCOC)(c2ccc(C)c(C)c2)C1. The van der Waals surface area contributed by atoms with E-state index >= 15 is 0 Å². The average molecular weight is 289 g/mol. The molecular weight excluding hydrogens is 258 g/mol. The van der Waals surface area contributed by atoms with Gasteiger partial charge in [-0.15, -0.1) is 0 Å². The normalized spacial score (nSPS) is 24.9. The predicted octanol–water partition coefficient (Wildman–Crippen LogP) is 3.99. The van der Waals surface area contributed by atoms with Crippen LogP contribution in [0, 0.1) is 19.8 Å². The molecule has 1 fully saturated rings. The van der Waals surface area contributed by atoms with Gasteiger partial charge in [0.25, 0.3) is 0 Å². The van der Waals surface area contributed by atoms with Gasteiger partial charge in [-0.25, -0.2) is 0 Å². The lowest BCUT2D eigenvalue weighted by molar-refractivity contribution is 0.123. The minimum atomic E-state index is 0.353. The fourth-order valence-electron chi connectivity index (χ4n) is 3.71. The summed E-state index contributed by atoms with van der Waals surface area (Å²) in [6.07, 6.45) is 5.36. The molecule has 2 nitrogen and oxygen atoms in total. The maximum absolute atomic E-state index is 5.15. The minimum Gasteiger partial charge on any atom is -0.383 e. The third-order valence-corrected chi connectivity index (χ3v) is 5.12. The third-order valence-electron chi connectivity index (χ3n) is 5.12. The van der Waals surface area contributed by atoms with Crippen molar-refractivity contribution < 1.29 is 4.74 Å². The Morgan fingerprint density at radius 3 is 2.62 bits per heavy atom. The molecule has 0 aromatic heterocycles. The molecule has 0 spiro atoms. The van der Waals surface area contributed by atoms with Crippen molar-refractivity contribution in [1.29, 1.82) is 0 Å². The molecule has 0 radical (unpaired) electrons. The maximum atomic E-state index is 5.15. The number of methoxy groups -OCH3 is 1. The maximum Gasteiger partial charge on any atom is 0.0587 e. The van der Waals surface area contributed by atoms with Crippen molar-refractivity contribution in [2.24, 2.45) is 5.92 Å². The number of hydrogen-bond donors (Lipinski definition) is 1. The third kappa shape index (κ3) is 3.87. The van der Waals surface area contributed by atoms with Crippen LogP contribution in [0.1, 0.15) is 49.3 Å². The Kier molecular flexibility index (Phi) is 5.83. The smallest absolute Gasteiger partial charge is 0.0587 e. The van der Waals surface area contributed by atoms with Crippen LogP contribution in [0.3, 0.4) is 0 Å². The van der Waals surface area contributed by atoms with Crippen LogP contribution >= 0.6 is 0 Å². The Labute approximate surface area is 130 Å². The summed E-state index contributed by atoms with van der Waals surface area (Å²) in [7, 11) is 1.77. The average Bonchev–Trinajstić information content (AvgIpc) is 2.43. The fourth-order valence-corrected chi connectivity index (χ4v) is 3.71. The molecule has 1 saturated carbocycles. The molecule has 0 aliphatic heterocycles. The first kappa shape index (κ1) is 16.5. The molecule has 2 rings (SSSR count). The van der Waals surface area contributed by atoms with Gasteiger partial charge in [0.1, 0.15) is 0 Å². The van der Waals surface area contributed by atoms with Crippen molar-refractivity contribution in [3.63, 3.8) is 0 Å². The summed E-state index contributed by atoms with van der Waals surface area (Å²) in [5.74, 6) is 0.917. The number of benzene rings is 1. The van der Waals surface area contributed by atoms with E-state index in [1.54, 1.807) is 7.11 Å². The van der Waals surface area contributed by atoms with E-state index in [1.807, 2.05) is 0 Å². The molecule has 0 atom stereocenters. The molecule has 21 heavy (non-hydrogen) atoms. The second-order valence-electron chi connectivity index (χ2n) is 6.81. The monoisotopic (exact) mass is 289 g/mol. The van der Waals surface area contributed by atoms with E-state index in [0.29, 0.717) is 5.41 Å². The van der Waals surface area contributed by atoms with Crippen LogP contribution in [-0.2, 0) is 10.2 Å². The van der Waals surface area contributed by atoms with Crippen LogP contribution in [0.5, 0.6) is 0 Å². The van der Waals surface area contributed by atoms with Crippen molar-refractivity contribution in [3.05, 3.63) is 34.9 Å². The Balaban J connectivity index is 2.07. The standard InChI is InChI=1S/C19H31NO/c1-5-6-17-12-19(13-17,14-20-9-10-21-4)18-8-7-15(2)16(3)11-18/h7-8,11,17,20H,5-6,9-10,12-14H2,1-4H3. The molecule has 1 aromatic rings. The van der Waals surface area contributed by atoms with Gasteiger partial charge in [-0.2, -0.15) is 0 Å². The van der Waals surface area contributed by atoms with E-state index in [0.717, 1.165) is 25.6 Å². The number of rotatable bonds is 8. The predicted molar refractivity (Wildman–Crippen MR) is 90.0 cm³/mol. The number of hydrogen-bond acceptors (Lipinski definition) is 2. The second kappa shape index (κ2) is 7.42. The molecule has 1 aromatic carbocycles. The largest absolute Gasteiger partial charge is 0.383 e. The van der Waals surface area contributed by atoms with Crippen molar-refractivity contribution in [2.75, 3.05) is 26.8 Å². The zero-order valence-electron chi connectivity index (χ0n) is 14.2. The van der Waals surface area contributed by atoms with E-state index in [-0.39, 0.29) is 0 Å². The molecule has 1 aliphatic rings. The first-order valence-electron chi connectivity index (χ1n) is 8.38. The summed E-state index contributed by atoms with van der Waals surface area (Å²) in [4.78, 5) is 0. The van der Waals surface area contributed by atoms with Gasteiger partial charge in [0, 0.05) is 25.6 Å². The Morgan fingerprint density at radius 2 is 2.00 bits per heavy atom. The summed E-state index contributed by atoms with van der Waals surface area (Å²) in [5.41, 5.74) is 4.70. The second-order valence-corrected chi connectivity index (χ2v) is 6.81. The highest BCUT2D eigenvalue weighted by atomic mass is 16.5. The van der Waals surface area contributed by atoms with Gasteiger partial charge in [-0.3, -0.25) is 0 Å². The molecule has 1 aliphatic carbocycles. The van der Waals surface area contributed by atoms with E-state index in [1.165, 1.54) is 42.4 Å². The Bertz CT molecular complexity index is 449. The molecule has 0 saturated heterocycles. The lowest BCUT2D eigenvalue weighted by Crippen LogP contribution is -2.49. The Hall–Kier alpha value is -0.860. The van der Waals surface area contributed by atoms with Crippen molar-refractivity contribution >= 4 is 0 Å². The summed E-state index contributed by atoms with van der Waals surface area (Å²) in [5, 5.41) is 3.60. The highest BCUT2D eigenvalue weighted by Gasteiger charge is 2.44. The molecule has 0 heterocycles. The first-order valence-corrected chi connectivity index (χ1v) is 8.38. The van der Waals surface area contributed by atoms with Crippen LogP contribution < -0.4 is 5.32 Å². The van der Waals surface area contributed by atoms with E-state index in [4.69, 9.17) is 4.74 Å². The highest BCUT2D eigenvalue weighted by Crippen LogP contribution is 2.49. The summed E-state index contributed by atoms with van der Waals surface area (Å²) in [6, 6.07) is 7.05. The van der Waals surface area contributed by atoms with Crippen LogP contribution in [0.15, 0.2) is 18.2 Å². The van der Waals surface area contributed by atoms with Crippen LogP contribution in [0.4, 0.5) is 0 Å². The van der Waals surface area contributed by atoms with Crippen LogP contribution in [0.25, 0.3) is 0 Å². The molecule has 0 bridgehead atoms. The van der Waals surface area contributed by atoms with Gasteiger partial charge in [-0.05, 0) is 49.3 Å². The number of ether oxygens (including phenoxy) is 1. The van der Waals surface area contributed by atoms with Crippen LogP contribution in [-0.4, -0.2) is 26.8 Å². The summed E-state index contributed by atoms with van der Waals surface area (Å²) < 4.78 is 5.15.